The molecule has 0 amide bonds. The third kappa shape index (κ3) is 41.3. The van der Waals surface area contributed by atoms with E-state index in [1.54, 1.807) is 6.26 Å². The van der Waals surface area contributed by atoms with Crippen LogP contribution in [0.25, 0.3) is 0 Å². The molecule has 0 aromatic rings. The van der Waals surface area contributed by atoms with E-state index in [0.29, 0.717) is 11.0 Å². The van der Waals surface area contributed by atoms with Gasteiger partial charge in [0.15, 0.2) is 6.10 Å². The molecule has 2 atom stereocenters. The Kier molecular flexibility index (Phi) is 36.0. The van der Waals surface area contributed by atoms with Crippen LogP contribution >= 0.6 is 7.82 Å². The summed E-state index contributed by atoms with van der Waals surface area (Å²) in [6.07, 6.45) is 45.0. The fourth-order valence-corrected chi connectivity index (χ4v) is 6.37. The number of esters is 1. The van der Waals surface area contributed by atoms with Crippen molar-refractivity contribution in [3.8, 4) is 0 Å². The number of carbonyl (C=O) groups excluding carboxylic acids is 1. The second-order valence-electron chi connectivity index (χ2n) is 15.4. The molecule has 0 saturated heterocycles. The van der Waals surface area contributed by atoms with Crippen molar-refractivity contribution in [2.75, 3.05) is 47.5 Å². The average molecular weight is 768 g/mol. The Morgan fingerprint density at radius 1 is 0.623 bits per heavy atom. The van der Waals surface area contributed by atoms with Crippen LogP contribution in [0, 0.1) is 0 Å². The number of nitrogens with zero attached hydrogens (tertiary/aromatic N) is 1. The standard InChI is InChI=1S/C44H82NO7P/c1-6-8-10-12-14-16-18-20-22-24-26-28-30-32-34-36-39-49-41-43(42-51-53(47,48)50-40-38-45(3,4)5)52-44(46)37-35-33-31-29-27-25-23-21-19-17-15-13-11-9-7-2/h9,11,15,17,21,23,36,39,43H,6-8,10,12-14,16,18-20,22,24-35,37-38,40-42H2,1-5H3/b11-9-,17-15-,23-21-,39-36-/t43-/m1/s1. The summed E-state index contributed by atoms with van der Waals surface area (Å²) in [5.74, 6) is -0.374. The first-order valence-corrected chi connectivity index (χ1v) is 22.9. The number of hydrogen-bond acceptors (Lipinski definition) is 7. The van der Waals surface area contributed by atoms with Crippen LogP contribution in [-0.4, -0.2) is 64.1 Å². The van der Waals surface area contributed by atoms with Gasteiger partial charge in [0.1, 0.15) is 19.8 Å². The summed E-state index contributed by atoms with van der Waals surface area (Å²) in [4.78, 5) is 25.0. The Bertz CT molecular complexity index is 989. The van der Waals surface area contributed by atoms with E-state index in [1.165, 1.54) is 83.5 Å². The zero-order chi connectivity index (χ0) is 39.1. The van der Waals surface area contributed by atoms with Crippen LogP contribution in [0.3, 0.4) is 0 Å². The van der Waals surface area contributed by atoms with Crippen molar-refractivity contribution in [1.29, 1.82) is 0 Å². The molecule has 310 valence electrons. The van der Waals surface area contributed by atoms with Crippen molar-refractivity contribution in [3.05, 3.63) is 48.8 Å². The van der Waals surface area contributed by atoms with Gasteiger partial charge in [-0.1, -0.05) is 153 Å². The number of rotatable bonds is 39. The van der Waals surface area contributed by atoms with Gasteiger partial charge < -0.3 is 27.9 Å². The molecule has 1 unspecified atom stereocenters. The Morgan fingerprint density at radius 2 is 1.11 bits per heavy atom. The molecule has 8 nitrogen and oxygen atoms in total. The van der Waals surface area contributed by atoms with E-state index < -0.39 is 13.9 Å². The minimum Gasteiger partial charge on any atom is -0.756 e. The third-order valence-electron chi connectivity index (χ3n) is 8.96. The van der Waals surface area contributed by atoms with Crippen LogP contribution in [0.15, 0.2) is 48.8 Å². The van der Waals surface area contributed by atoms with E-state index in [1.807, 2.05) is 27.2 Å². The first-order chi connectivity index (χ1) is 25.6. The second kappa shape index (κ2) is 37.2. The molecule has 0 aliphatic heterocycles. The maximum Gasteiger partial charge on any atom is 0.306 e. The maximum absolute atomic E-state index is 12.6. The zero-order valence-electron chi connectivity index (χ0n) is 35.0. The van der Waals surface area contributed by atoms with Crippen LogP contribution in [0.1, 0.15) is 174 Å². The lowest BCUT2D eigenvalue weighted by molar-refractivity contribution is -0.870. The minimum absolute atomic E-state index is 0.0120. The SMILES string of the molecule is CC/C=C\C/C=C\C/C=C\CCCCCCCC(=O)O[C@H](CO/C=C\CCCCCCCCCCCCCCCC)COP(=O)([O-])OCC[N+](C)(C)C. The summed E-state index contributed by atoms with van der Waals surface area (Å²) in [5, 5.41) is 0. The van der Waals surface area contributed by atoms with Crippen LogP contribution in [0.2, 0.25) is 0 Å². The van der Waals surface area contributed by atoms with Gasteiger partial charge in [-0.3, -0.25) is 9.36 Å². The number of allylic oxidation sites excluding steroid dienone is 7. The number of ether oxygens (including phenoxy) is 2. The van der Waals surface area contributed by atoms with Crippen LogP contribution in [0.4, 0.5) is 0 Å². The highest BCUT2D eigenvalue weighted by molar-refractivity contribution is 7.45. The van der Waals surface area contributed by atoms with Crippen LogP contribution in [0.5, 0.6) is 0 Å². The van der Waals surface area contributed by atoms with Gasteiger partial charge in [-0.2, -0.15) is 0 Å². The topological polar surface area (TPSA) is 94.1 Å². The van der Waals surface area contributed by atoms with Gasteiger partial charge in [0.05, 0.1) is 34.0 Å². The minimum atomic E-state index is -4.54. The monoisotopic (exact) mass is 768 g/mol. The van der Waals surface area contributed by atoms with E-state index in [9.17, 15) is 14.3 Å². The molecule has 0 fully saturated rings. The molecule has 0 spiro atoms. The van der Waals surface area contributed by atoms with Crippen molar-refractivity contribution >= 4 is 13.8 Å². The Balaban J connectivity index is 4.33. The summed E-state index contributed by atoms with van der Waals surface area (Å²) in [6.45, 7) is 4.60. The molecule has 0 N–H and O–H groups in total. The van der Waals surface area contributed by atoms with Crippen molar-refractivity contribution < 1.29 is 37.3 Å². The van der Waals surface area contributed by atoms with Gasteiger partial charge in [-0.25, -0.2) is 0 Å². The number of carbonyl (C=O) groups is 1. The largest absolute Gasteiger partial charge is 0.756 e. The van der Waals surface area contributed by atoms with Crippen molar-refractivity contribution in [3.63, 3.8) is 0 Å². The second-order valence-corrected chi connectivity index (χ2v) is 16.8. The predicted molar refractivity (Wildman–Crippen MR) is 222 cm³/mol. The Hall–Kier alpha value is -1.70. The Morgan fingerprint density at radius 3 is 1.66 bits per heavy atom. The first-order valence-electron chi connectivity index (χ1n) is 21.4. The highest BCUT2D eigenvalue weighted by Gasteiger charge is 2.20. The van der Waals surface area contributed by atoms with E-state index in [0.717, 1.165) is 70.6 Å². The smallest absolute Gasteiger partial charge is 0.306 e. The summed E-state index contributed by atoms with van der Waals surface area (Å²) in [7, 11) is 1.31. The van der Waals surface area contributed by atoms with E-state index >= 15 is 0 Å². The van der Waals surface area contributed by atoms with Gasteiger partial charge in [-0.05, 0) is 57.4 Å². The molecule has 0 heterocycles. The molecule has 0 radical (unpaired) electrons. The molecule has 53 heavy (non-hydrogen) atoms. The highest BCUT2D eigenvalue weighted by Crippen LogP contribution is 2.38. The van der Waals surface area contributed by atoms with Gasteiger partial charge in [0, 0.05) is 6.42 Å². The molecule has 0 aromatic carbocycles. The summed E-state index contributed by atoms with van der Waals surface area (Å²) >= 11 is 0. The van der Waals surface area contributed by atoms with Gasteiger partial charge in [-0.15, -0.1) is 0 Å². The van der Waals surface area contributed by atoms with E-state index in [-0.39, 0.29) is 32.2 Å². The van der Waals surface area contributed by atoms with E-state index in [4.69, 9.17) is 18.5 Å². The number of likely N-dealkylation sites (N-methyl/N-ethyl adjacent to an activating group) is 1. The first kappa shape index (κ1) is 51.3. The normalized spacial score (nSPS) is 14.2. The summed E-state index contributed by atoms with van der Waals surface area (Å²) in [5.41, 5.74) is 0. The number of hydrogen-bond donors (Lipinski definition) is 0. The number of unbranched alkanes of at least 4 members (excludes halogenated alkanes) is 19. The van der Waals surface area contributed by atoms with Crippen molar-refractivity contribution in [2.24, 2.45) is 0 Å². The average Bonchev–Trinajstić information content (AvgIpc) is 3.11. The van der Waals surface area contributed by atoms with Gasteiger partial charge >= 0.3 is 5.97 Å². The van der Waals surface area contributed by atoms with Gasteiger partial charge in [0.2, 0.25) is 0 Å². The molecule has 0 aliphatic rings. The van der Waals surface area contributed by atoms with Crippen LogP contribution < -0.4 is 4.89 Å². The summed E-state index contributed by atoms with van der Waals surface area (Å²) < 4.78 is 34.3. The molecule has 0 aliphatic carbocycles. The maximum atomic E-state index is 12.6. The number of quaternary nitrogens is 1. The molecular formula is C44H82NO7P. The Labute approximate surface area is 327 Å². The molecular weight excluding hydrogens is 685 g/mol. The van der Waals surface area contributed by atoms with Crippen LogP contribution in [-0.2, 0) is 27.9 Å². The number of phosphoric ester groups is 1. The lowest BCUT2D eigenvalue weighted by Crippen LogP contribution is -2.37. The number of phosphoric acid groups is 1. The fourth-order valence-electron chi connectivity index (χ4n) is 5.64. The van der Waals surface area contributed by atoms with Crippen molar-refractivity contribution in [2.45, 2.75) is 180 Å². The molecule has 0 aromatic heterocycles. The quantitative estimate of drug-likeness (QED) is 0.0153. The highest BCUT2D eigenvalue weighted by atomic mass is 31.2. The third-order valence-corrected chi connectivity index (χ3v) is 9.92. The lowest BCUT2D eigenvalue weighted by Gasteiger charge is -2.28. The molecule has 0 saturated carbocycles. The fraction of sp³-hybridized carbons (Fsp3) is 0.795. The van der Waals surface area contributed by atoms with E-state index in [2.05, 4.69) is 50.3 Å². The predicted octanol–water partition coefficient (Wildman–Crippen LogP) is 12.1. The van der Waals surface area contributed by atoms with Gasteiger partial charge in [0.25, 0.3) is 7.82 Å². The molecule has 9 heteroatoms. The summed E-state index contributed by atoms with van der Waals surface area (Å²) in [6, 6.07) is 0. The lowest BCUT2D eigenvalue weighted by atomic mass is 10.0. The molecule has 0 bridgehead atoms. The zero-order valence-corrected chi connectivity index (χ0v) is 35.8. The van der Waals surface area contributed by atoms with Crippen molar-refractivity contribution in [1.82, 2.24) is 0 Å². The molecule has 0 rings (SSSR count).